The van der Waals surface area contributed by atoms with Crippen molar-refractivity contribution in [1.29, 1.82) is 0 Å². The first kappa shape index (κ1) is 10.8. The van der Waals surface area contributed by atoms with Crippen LogP contribution in [0.25, 0.3) is 0 Å². The van der Waals surface area contributed by atoms with Crippen molar-refractivity contribution in [3.8, 4) is 0 Å². The van der Waals surface area contributed by atoms with Gasteiger partial charge in [-0.15, -0.1) is 0 Å². The maximum absolute atomic E-state index is 5.70. The third-order valence-corrected chi connectivity index (χ3v) is 2.29. The molecule has 0 radical (unpaired) electrons. The van der Waals surface area contributed by atoms with Crippen LogP contribution in [0.4, 0.5) is 0 Å². The van der Waals surface area contributed by atoms with E-state index < -0.39 is 0 Å². The topological polar surface area (TPSA) is 38.4 Å². The van der Waals surface area contributed by atoms with Gasteiger partial charge in [0.2, 0.25) is 0 Å². The third kappa shape index (κ3) is 2.34. The number of amidine groups is 1. The fraction of sp³-hybridized carbons (Fsp3) is 0.417. The molecule has 0 amide bonds. The Morgan fingerprint density at radius 3 is 2.00 bits per heavy atom. The number of rotatable bonds is 1. The van der Waals surface area contributed by atoms with Crippen LogP contribution in [0.5, 0.6) is 0 Å². The Morgan fingerprint density at radius 1 is 1.14 bits per heavy atom. The zero-order valence-corrected chi connectivity index (χ0v) is 9.33. The van der Waals surface area contributed by atoms with Crippen LogP contribution in [0.1, 0.15) is 31.9 Å². The highest BCUT2D eigenvalue weighted by Gasteiger charge is 2.12. The van der Waals surface area contributed by atoms with Gasteiger partial charge < -0.3 is 5.73 Å². The molecule has 0 atom stereocenters. The highest BCUT2D eigenvalue weighted by molar-refractivity contribution is 5.97. The lowest BCUT2D eigenvalue weighted by atomic mass is 9.87. The quantitative estimate of drug-likeness (QED) is 0.535. The molecule has 76 valence electrons. The Kier molecular flexibility index (Phi) is 2.94. The van der Waals surface area contributed by atoms with Gasteiger partial charge in [0.25, 0.3) is 0 Å². The van der Waals surface area contributed by atoms with Gasteiger partial charge >= 0.3 is 0 Å². The molecular weight excluding hydrogens is 172 g/mol. The summed E-state index contributed by atoms with van der Waals surface area (Å²) in [6.45, 7) is 6.58. The molecule has 2 nitrogen and oxygen atoms in total. The van der Waals surface area contributed by atoms with Crippen LogP contribution in [-0.4, -0.2) is 12.9 Å². The molecule has 1 rings (SSSR count). The molecule has 0 aromatic heterocycles. The molecule has 1 aromatic rings. The number of benzene rings is 1. The summed E-state index contributed by atoms with van der Waals surface area (Å²) in [6, 6.07) is 8.24. The average molecular weight is 190 g/mol. The summed E-state index contributed by atoms with van der Waals surface area (Å²) < 4.78 is 0. The van der Waals surface area contributed by atoms with Crippen molar-refractivity contribution in [2.75, 3.05) is 7.05 Å². The fourth-order valence-corrected chi connectivity index (χ4v) is 1.27. The molecule has 0 unspecified atom stereocenters. The van der Waals surface area contributed by atoms with Crippen molar-refractivity contribution < 1.29 is 0 Å². The van der Waals surface area contributed by atoms with Crippen LogP contribution in [0.15, 0.2) is 29.3 Å². The van der Waals surface area contributed by atoms with Gasteiger partial charge in [-0.3, -0.25) is 4.99 Å². The van der Waals surface area contributed by atoms with E-state index in [0.717, 1.165) is 5.56 Å². The molecule has 0 fully saturated rings. The van der Waals surface area contributed by atoms with Gasteiger partial charge in [0.15, 0.2) is 0 Å². The SMILES string of the molecule is CN=C(N)c1ccc(C(C)(C)C)cc1. The maximum atomic E-state index is 5.70. The molecule has 0 heterocycles. The first-order valence-corrected chi connectivity index (χ1v) is 4.78. The van der Waals surface area contributed by atoms with E-state index in [1.165, 1.54) is 5.56 Å². The van der Waals surface area contributed by atoms with Crippen LogP contribution in [0.3, 0.4) is 0 Å². The molecule has 0 aliphatic heterocycles. The predicted octanol–water partition coefficient (Wildman–Crippen LogP) is 2.32. The average Bonchev–Trinajstić information content (AvgIpc) is 2.15. The van der Waals surface area contributed by atoms with Crippen LogP contribution >= 0.6 is 0 Å². The molecule has 14 heavy (non-hydrogen) atoms. The molecule has 2 N–H and O–H groups in total. The summed E-state index contributed by atoms with van der Waals surface area (Å²) in [7, 11) is 1.70. The third-order valence-electron chi connectivity index (χ3n) is 2.29. The molecule has 0 spiro atoms. The minimum atomic E-state index is 0.191. The predicted molar refractivity (Wildman–Crippen MR) is 61.8 cm³/mol. The second kappa shape index (κ2) is 3.82. The molecule has 2 heteroatoms. The molecular formula is C12H18N2. The zero-order chi connectivity index (χ0) is 10.8. The molecule has 0 saturated heterocycles. The van der Waals surface area contributed by atoms with Crippen molar-refractivity contribution in [1.82, 2.24) is 0 Å². The normalized spacial score (nSPS) is 13.0. The number of hydrogen-bond donors (Lipinski definition) is 1. The second-order valence-corrected chi connectivity index (χ2v) is 4.44. The lowest BCUT2D eigenvalue weighted by Gasteiger charge is -2.19. The molecule has 0 aliphatic rings. The largest absolute Gasteiger partial charge is 0.384 e. The second-order valence-electron chi connectivity index (χ2n) is 4.44. The van der Waals surface area contributed by atoms with Crippen LogP contribution in [0, 0.1) is 0 Å². The minimum absolute atomic E-state index is 0.191. The van der Waals surface area contributed by atoms with Crippen molar-refractivity contribution in [2.24, 2.45) is 10.7 Å². The van der Waals surface area contributed by atoms with Crippen LogP contribution in [-0.2, 0) is 5.41 Å². The van der Waals surface area contributed by atoms with E-state index in [-0.39, 0.29) is 5.41 Å². The maximum Gasteiger partial charge on any atom is 0.125 e. The van der Waals surface area contributed by atoms with E-state index >= 15 is 0 Å². The van der Waals surface area contributed by atoms with E-state index in [2.05, 4.69) is 37.9 Å². The van der Waals surface area contributed by atoms with Crippen molar-refractivity contribution in [2.45, 2.75) is 26.2 Å². The standard InChI is InChI=1S/C12H18N2/c1-12(2,3)10-7-5-9(6-8-10)11(13)14-4/h5-8H,1-4H3,(H2,13,14). The summed E-state index contributed by atoms with van der Waals surface area (Å²) in [5, 5.41) is 0. The van der Waals surface area contributed by atoms with Crippen molar-refractivity contribution in [3.05, 3.63) is 35.4 Å². The highest BCUT2D eigenvalue weighted by atomic mass is 14.8. The van der Waals surface area contributed by atoms with E-state index in [0.29, 0.717) is 5.84 Å². The Morgan fingerprint density at radius 2 is 1.64 bits per heavy atom. The van der Waals surface area contributed by atoms with E-state index in [1.807, 2.05) is 12.1 Å². The van der Waals surface area contributed by atoms with Gasteiger partial charge in [0.05, 0.1) is 0 Å². The van der Waals surface area contributed by atoms with E-state index in [1.54, 1.807) is 7.05 Å². The summed E-state index contributed by atoms with van der Waals surface area (Å²) in [5.41, 5.74) is 8.19. The molecule has 0 aliphatic carbocycles. The molecule has 1 aromatic carbocycles. The van der Waals surface area contributed by atoms with Gasteiger partial charge in [-0.1, -0.05) is 45.0 Å². The number of aliphatic imine (C=N–C) groups is 1. The Hall–Kier alpha value is -1.31. The monoisotopic (exact) mass is 190 g/mol. The van der Waals surface area contributed by atoms with Gasteiger partial charge in [0.1, 0.15) is 5.84 Å². The van der Waals surface area contributed by atoms with Crippen molar-refractivity contribution >= 4 is 5.84 Å². The van der Waals surface area contributed by atoms with Crippen molar-refractivity contribution in [3.63, 3.8) is 0 Å². The fourth-order valence-electron chi connectivity index (χ4n) is 1.27. The Labute approximate surface area is 85.9 Å². The zero-order valence-electron chi connectivity index (χ0n) is 9.33. The van der Waals surface area contributed by atoms with E-state index in [4.69, 9.17) is 5.73 Å². The number of hydrogen-bond acceptors (Lipinski definition) is 1. The Balaban J connectivity index is 3.01. The smallest absolute Gasteiger partial charge is 0.125 e. The number of nitrogens with two attached hydrogens (primary N) is 1. The molecule has 0 bridgehead atoms. The summed E-state index contributed by atoms with van der Waals surface area (Å²) >= 11 is 0. The van der Waals surface area contributed by atoms with Gasteiger partial charge in [-0.25, -0.2) is 0 Å². The summed E-state index contributed by atoms with van der Waals surface area (Å²) in [4.78, 5) is 3.94. The lowest BCUT2D eigenvalue weighted by Crippen LogP contribution is -2.15. The lowest BCUT2D eigenvalue weighted by molar-refractivity contribution is 0.590. The van der Waals surface area contributed by atoms with Gasteiger partial charge in [-0.05, 0) is 11.0 Å². The van der Waals surface area contributed by atoms with Gasteiger partial charge in [-0.2, -0.15) is 0 Å². The van der Waals surface area contributed by atoms with Crippen LogP contribution in [0.2, 0.25) is 0 Å². The highest BCUT2D eigenvalue weighted by Crippen LogP contribution is 2.21. The first-order chi connectivity index (χ1) is 6.45. The van der Waals surface area contributed by atoms with E-state index in [9.17, 15) is 0 Å². The minimum Gasteiger partial charge on any atom is -0.384 e. The molecule has 0 saturated carbocycles. The summed E-state index contributed by atoms with van der Waals surface area (Å²) in [6.07, 6.45) is 0. The van der Waals surface area contributed by atoms with Crippen LogP contribution < -0.4 is 5.73 Å². The first-order valence-electron chi connectivity index (χ1n) is 4.78. The van der Waals surface area contributed by atoms with Gasteiger partial charge in [0, 0.05) is 12.6 Å². The number of nitrogens with zero attached hydrogens (tertiary/aromatic N) is 1. The Bertz CT molecular complexity index is 328. The summed E-state index contributed by atoms with van der Waals surface area (Å²) in [5.74, 6) is 0.588.